The Hall–Kier alpha value is -4.22. The van der Waals surface area contributed by atoms with Gasteiger partial charge in [-0.05, 0) is 49.1 Å². The molecule has 48 heavy (non-hydrogen) atoms. The summed E-state index contributed by atoms with van der Waals surface area (Å²) in [6.45, 7) is 4.64. The van der Waals surface area contributed by atoms with E-state index >= 15 is 0 Å². The van der Waals surface area contributed by atoms with Crippen LogP contribution in [0.3, 0.4) is 0 Å². The maximum Gasteiger partial charge on any atom is 0.220 e. The first-order valence-electron chi connectivity index (χ1n) is 16.1. The van der Waals surface area contributed by atoms with Crippen LogP contribution < -0.4 is 31.3 Å². The van der Waals surface area contributed by atoms with Crippen molar-refractivity contribution < 1.29 is 14.3 Å². The van der Waals surface area contributed by atoms with Crippen molar-refractivity contribution in [1.82, 2.24) is 31.2 Å². The van der Waals surface area contributed by atoms with E-state index in [0.29, 0.717) is 65.6 Å². The van der Waals surface area contributed by atoms with Crippen LogP contribution in [0.5, 0.6) is 5.88 Å². The van der Waals surface area contributed by atoms with E-state index in [1.54, 1.807) is 13.3 Å². The van der Waals surface area contributed by atoms with Crippen molar-refractivity contribution in [1.29, 1.82) is 0 Å². The summed E-state index contributed by atoms with van der Waals surface area (Å²) in [5.41, 5.74) is 6.70. The number of ether oxygens (including phenoxy) is 1. The highest BCUT2D eigenvalue weighted by atomic mass is 35.5. The van der Waals surface area contributed by atoms with Crippen LogP contribution in [-0.4, -0.2) is 54.1 Å². The van der Waals surface area contributed by atoms with Gasteiger partial charge in [0.05, 0.1) is 28.5 Å². The molecular weight excluding hydrogens is 649 g/mol. The van der Waals surface area contributed by atoms with Crippen LogP contribution >= 0.6 is 23.2 Å². The number of carbonyl (C=O) groups is 2. The van der Waals surface area contributed by atoms with Gasteiger partial charge >= 0.3 is 0 Å². The van der Waals surface area contributed by atoms with Crippen LogP contribution in [0.25, 0.3) is 22.4 Å². The number of amides is 2. The number of benzene rings is 2. The number of halogens is 2. The minimum atomic E-state index is 0.101. The van der Waals surface area contributed by atoms with Crippen molar-refractivity contribution in [2.24, 2.45) is 0 Å². The second-order valence-electron chi connectivity index (χ2n) is 12.1. The molecule has 2 saturated heterocycles. The summed E-state index contributed by atoms with van der Waals surface area (Å²) in [6.07, 6.45) is 4.63. The molecule has 0 aliphatic carbocycles. The van der Waals surface area contributed by atoms with Gasteiger partial charge in [-0.25, -0.2) is 9.97 Å². The van der Waals surface area contributed by atoms with Gasteiger partial charge in [0.1, 0.15) is 5.82 Å². The van der Waals surface area contributed by atoms with E-state index in [2.05, 4.69) is 31.6 Å². The van der Waals surface area contributed by atoms with Gasteiger partial charge in [0.25, 0.3) is 0 Å². The largest absolute Gasteiger partial charge is 0.481 e. The molecule has 4 heterocycles. The summed E-state index contributed by atoms with van der Waals surface area (Å²) < 4.78 is 5.64. The van der Waals surface area contributed by atoms with Crippen LogP contribution in [-0.2, 0) is 22.7 Å². The Morgan fingerprint density at radius 3 is 2.08 bits per heavy atom. The third-order valence-electron chi connectivity index (χ3n) is 8.85. The third-order valence-corrected chi connectivity index (χ3v) is 9.66. The predicted octanol–water partition coefficient (Wildman–Crippen LogP) is 5.91. The first kappa shape index (κ1) is 33.7. The molecule has 10 nitrogen and oxygen atoms in total. The molecule has 2 amide bonds. The molecule has 0 bridgehead atoms. The number of hydrogen-bond acceptors (Lipinski definition) is 8. The minimum absolute atomic E-state index is 0.101. The monoisotopic (exact) mass is 687 g/mol. The van der Waals surface area contributed by atoms with Crippen molar-refractivity contribution in [2.75, 3.05) is 25.5 Å². The Kier molecular flexibility index (Phi) is 10.8. The Morgan fingerprint density at radius 1 is 0.812 bits per heavy atom. The molecule has 0 radical (unpaired) electrons. The highest BCUT2D eigenvalue weighted by molar-refractivity contribution is 6.39. The zero-order chi connectivity index (χ0) is 33.6. The van der Waals surface area contributed by atoms with E-state index in [0.717, 1.165) is 52.8 Å². The number of nitrogens with zero attached hydrogens (tertiary/aromatic N) is 2. The van der Waals surface area contributed by atoms with Crippen molar-refractivity contribution in [3.63, 3.8) is 0 Å². The lowest BCUT2D eigenvalue weighted by Gasteiger charge is -2.17. The number of methoxy groups -OCH3 is 1. The molecule has 2 aliphatic heterocycles. The van der Waals surface area contributed by atoms with Gasteiger partial charge in [-0.15, -0.1) is 0 Å². The number of rotatable bonds is 13. The second kappa shape index (κ2) is 15.3. The van der Waals surface area contributed by atoms with E-state index in [1.165, 1.54) is 0 Å². The summed E-state index contributed by atoms with van der Waals surface area (Å²) in [5.74, 6) is 1.43. The predicted molar refractivity (Wildman–Crippen MR) is 190 cm³/mol. The first-order chi connectivity index (χ1) is 23.3. The van der Waals surface area contributed by atoms with Gasteiger partial charge in [-0.2, -0.15) is 0 Å². The average molecular weight is 689 g/mol. The van der Waals surface area contributed by atoms with Gasteiger partial charge in [0.15, 0.2) is 0 Å². The number of hydrogen-bond donors (Lipinski definition) is 5. The standard InChI is InChI=1S/C36H39Cl2N7O3/c1-21-22(17-39-19-24-10-13-31(46)42-24)15-16-41-35(21)44-30-8-4-6-27(34(30)38)26-5-3-7-28(33(26)37)29-12-9-23(36(45-29)48-2)18-40-20-25-11-14-32(47)43-25/h3-9,12,15-16,24-25,39-40H,10-11,13-14,17-20H2,1-2H3,(H,41,44)(H,42,46)(H,43,47)/t24-,25-/m0/s1. The molecule has 5 N–H and O–H groups in total. The summed E-state index contributed by atoms with van der Waals surface area (Å²) in [6, 6.07) is 17.8. The molecule has 250 valence electrons. The molecule has 2 aromatic carbocycles. The number of carbonyl (C=O) groups excluding carboxylic acids is 2. The minimum Gasteiger partial charge on any atom is -0.481 e. The molecule has 6 rings (SSSR count). The number of aromatic nitrogens is 2. The van der Waals surface area contributed by atoms with Crippen molar-refractivity contribution in [3.8, 4) is 28.3 Å². The van der Waals surface area contributed by atoms with Crippen LogP contribution in [0.4, 0.5) is 11.5 Å². The molecule has 2 aliphatic rings. The topological polar surface area (TPSA) is 129 Å². The molecule has 12 heteroatoms. The Bertz CT molecular complexity index is 1820. The van der Waals surface area contributed by atoms with Gasteiger partial charge < -0.3 is 31.3 Å². The fourth-order valence-corrected chi connectivity index (χ4v) is 6.75. The van der Waals surface area contributed by atoms with E-state index in [4.69, 9.17) is 32.9 Å². The van der Waals surface area contributed by atoms with Crippen LogP contribution in [0.2, 0.25) is 10.0 Å². The Balaban J connectivity index is 1.17. The lowest BCUT2D eigenvalue weighted by Crippen LogP contribution is -2.35. The Labute approximate surface area is 290 Å². The lowest BCUT2D eigenvalue weighted by atomic mass is 10.00. The number of anilines is 2. The summed E-state index contributed by atoms with van der Waals surface area (Å²) in [7, 11) is 1.60. The lowest BCUT2D eigenvalue weighted by molar-refractivity contribution is -0.120. The van der Waals surface area contributed by atoms with Gasteiger partial charge in [-0.1, -0.05) is 59.6 Å². The molecule has 2 aromatic heterocycles. The highest BCUT2D eigenvalue weighted by Gasteiger charge is 2.22. The molecule has 0 unspecified atom stereocenters. The van der Waals surface area contributed by atoms with Crippen molar-refractivity contribution in [2.45, 2.75) is 57.8 Å². The Morgan fingerprint density at radius 2 is 1.44 bits per heavy atom. The number of nitrogens with one attached hydrogen (secondary N) is 5. The third kappa shape index (κ3) is 7.73. The van der Waals surface area contributed by atoms with Gasteiger partial charge in [0.2, 0.25) is 17.7 Å². The maximum absolute atomic E-state index is 11.5. The smallest absolute Gasteiger partial charge is 0.220 e. The normalized spacial score (nSPS) is 17.3. The van der Waals surface area contributed by atoms with E-state index in [9.17, 15) is 9.59 Å². The van der Waals surface area contributed by atoms with Crippen molar-refractivity contribution >= 4 is 46.5 Å². The fraction of sp³-hybridized carbons (Fsp3) is 0.333. The number of pyridine rings is 2. The van der Waals surface area contributed by atoms with Crippen LogP contribution in [0.15, 0.2) is 60.8 Å². The second-order valence-corrected chi connectivity index (χ2v) is 12.9. The molecule has 2 fully saturated rings. The molecule has 2 atom stereocenters. The van der Waals surface area contributed by atoms with Gasteiger partial charge in [0, 0.05) is 79.6 Å². The van der Waals surface area contributed by atoms with Gasteiger partial charge in [-0.3, -0.25) is 9.59 Å². The summed E-state index contributed by atoms with van der Waals surface area (Å²) in [5, 5.41) is 17.3. The maximum atomic E-state index is 11.5. The highest BCUT2D eigenvalue weighted by Crippen LogP contribution is 2.42. The fourth-order valence-electron chi connectivity index (χ4n) is 6.15. The molecule has 4 aromatic rings. The first-order valence-corrected chi connectivity index (χ1v) is 16.9. The quantitative estimate of drug-likeness (QED) is 0.117. The SMILES string of the molecule is COc1nc(-c2cccc(-c3cccc(Nc4nccc(CNC[C@@H]5CCC(=O)N5)c4C)c3Cl)c2Cl)ccc1CNC[C@@H]1CCC(=O)N1. The van der Waals surface area contributed by atoms with E-state index in [1.807, 2.05) is 61.5 Å². The van der Waals surface area contributed by atoms with Crippen LogP contribution in [0, 0.1) is 6.92 Å². The van der Waals surface area contributed by atoms with Crippen molar-refractivity contribution in [3.05, 3.63) is 87.5 Å². The van der Waals surface area contributed by atoms with E-state index < -0.39 is 0 Å². The summed E-state index contributed by atoms with van der Waals surface area (Å²) in [4.78, 5) is 32.4. The average Bonchev–Trinajstić information content (AvgIpc) is 3.70. The molecular formula is C36H39Cl2N7O3. The zero-order valence-corrected chi connectivity index (χ0v) is 28.5. The van der Waals surface area contributed by atoms with E-state index in [-0.39, 0.29) is 23.9 Å². The summed E-state index contributed by atoms with van der Waals surface area (Å²) >= 11 is 14.1. The zero-order valence-electron chi connectivity index (χ0n) is 27.0. The molecule has 0 spiro atoms. The molecule has 0 saturated carbocycles. The van der Waals surface area contributed by atoms with Crippen LogP contribution in [0.1, 0.15) is 42.4 Å².